The van der Waals surface area contributed by atoms with E-state index in [2.05, 4.69) is 10.2 Å². The number of nitrogens with one attached hydrogen (secondary N) is 1. The second-order valence-corrected chi connectivity index (χ2v) is 4.28. The van der Waals surface area contributed by atoms with Crippen LogP contribution in [0.2, 0.25) is 0 Å². The molecule has 0 radical (unpaired) electrons. The SMILES string of the molecule is C1CN(C2CNC2)C2(CC2)CO1. The summed E-state index contributed by atoms with van der Waals surface area (Å²) in [6.07, 6.45) is 2.73. The first-order valence-corrected chi connectivity index (χ1v) is 4.96. The summed E-state index contributed by atoms with van der Waals surface area (Å²) in [6, 6.07) is 0.816. The quantitative estimate of drug-likeness (QED) is 0.588. The fourth-order valence-electron chi connectivity index (χ4n) is 2.38. The molecule has 3 rings (SSSR count). The third-order valence-corrected chi connectivity index (χ3v) is 3.48. The monoisotopic (exact) mass is 168 g/mol. The van der Waals surface area contributed by atoms with Gasteiger partial charge in [0, 0.05) is 31.2 Å². The Morgan fingerprint density at radius 1 is 1.33 bits per heavy atom. The summed E-state index contributed by atoms with van der Waals surface area (Å²) in [5, 5.41) is 3.34. The first kappa shape index (κ1) is 7.30. The van der Waals surface area contributed by atoms with Crippen molar-refractivity contribution < 1.29 is 4.74 Å². The van der Waals surface area contributed by atoms with Crippen molar-refractivity contribution in [2.45, 2.75) is 24.4 Å². The van der Waals surface area contributed by atoms with E-state index in [4.69, 9.17) is 4.74 Å². The molecular weight excluding hydrogens is 152 g/mol. The lowest BCUT2D eigenvalue weighted by Crippen LogP contribution is -2.63. The van der Waals surface area contributed by atoms with E-state index < -0.39 is 0 Å². The van der Waals surface area contributed by atoms with Crippen molar-refractivity contribution in [3.63, 3.8) is 0 Å². The third-order valence-electron chi connectivity index (χ3n) is 3.48. The molecule has 3 aliphatic rings. The highest BCUT2D eigenvalue weighted by atomic mass is 16.5. The minimum atomic E-state index is 0.491. The van der Waals surface area contributed by atoms with Gasteiger partial charge in [0.15, 0.2) is 0 Å². The Morgan fingerprint density at radius 3 is 2.75 bits per heavy atom. The molecule has 1 N–H and O–H groups in total. The van der Waals surface area contributed by atoms with Crippen LogP contribution >= 0.6 is 0 Å². The van der Waals surface area contributed by atoms with Gasteiger partial charge < -0.3 is 10.1 Å². The second-order valence-electron chi connectivity index (χ2n) is 4.28. The molecule has 0 bridgehead atoms. The summed E-state index contributed by atoms with van der Waals surface area (Å²) < 4.78 is 5.53. The number of nitrogens with zero attached hydrogens (tertiary/aromatic N) is 1. The van der Waals surface area contributed by atoms with Gasteiger partial charge in [-0.1, -0.05) is 0 Å². The Balaban J connectivity index is 1.73. The van der Waals surface area contributed by atoms with Gasteiger partial charge in [0.25, 0.3) is 0 Å². The maximum atomic E-state index is 5.53. The zero-order valence-corrected chi connectivity index (χ0v) is 7.38. The van der Waals surface area contributed by atoms with Crippen LogP contribution in [0.1, 0.15) is 12.8 Å². The van der Waals surface area contributed by atoms with Crippen molar-refractivity contribution >= 4 is 0 Å². The van der Waals surface area contributed by atoms with Crippen LogP contribution in [0.4, 0.5) is 0 Å². The Bertz CT molecular complexity index is 187. The Hall–Kier alpha value is -0.120. The molecule has 0 aromatic heterocycles. The highest BCUT2D eigenvalue weighted by Crippen LogP contribution is 2.44. The molecule has 0 amide bonds. The van der Waals surface area contributed by atoms with Gasteiger partial charge in [-0.2, -0.15) is 0 Å². The van der Waals surface area contributed by atoms with E-state index in [0.717, 1.165) is 25.8 Å². The van der Waals surface area contributed by atoms with E-state index in [1.54, 1.807) is 0 Å². The lowest BCUT2D eigenvalue weighted by atomic mass is 10.1. The van der Waals surface area contributed by atoms with Gasteiger partial charge in [0.2, 0.25) is 0 Å². The van der Waals surface area contributed by atoms with Gasteiger partial charge in [0.1, 0.15) is 0 Å². The van der Waals surface area contributed by atoms with Crippen molar-refractivity contribution in [1.29, 1.82) is 0 Å². The first-order valence-electron chi connectivity index (χ1n) is 4.96. The summed E-state index contributed by atoms with van der Waals surface area (Å²) in [4.78, 5) is 2.69. The molecule has 2 aliphatic heterocycles. The van der Waals surface area contributed by atoms with Gasteiger partial charge in [-0.3, -0.25) is 4.90 Å². The third kappa shape index (κ3) is 0.934. The summed E-state index contributed by atoms with van der Waals surface area (Å²) in [7, 11) is 0. The van der Waals surface area contributed by atoms with Gasteiger partial charge in [-0.15, -0.1) is 0 Å². The minimum absolute atomic E-state index is 0.491. The topological polar surface area (TPSA) is 24.5 Å². The fourth-order valence-corrected chi connectivity index (χ4v) is 2.38. The zero-order chi connectivity index (χ0) is 8.02. The first-order chi connectivity index (χ1) is 5.91. The number of hydrogen-bond donors (Lipinski definition) is 1. The molecule has 0 aromatic carbocycles. The molecule has 68 valence electrons. The molecule has 2 heterocycles. The molecule has 1 aliphatic carbocycles. The summed E-state index contributed by atoms with van der Waals surface area (Å²) in [6.45, 7) is 5.48. The van der Waals surface area contributed by atoms with E-state index >= 15 is 0 Å². The average molecular weight is 168 g/mol. The standard InChI is InChI=1S/C9H16N2O/c1-2-9(1)7-12-4-3-11(9)8-5-10-6-8/h8,10H,1-7H2. The summed E-state index contributed by atoms with van der Waals surface area (Å²) in [5.41, 5.74) is 0.491. The van der Waals surface area contributed by atoms with Crippen LogP contribution in [0, 0.1) is 0 Å². The Kier molecular flexibility index (Phi) is 1.48. The number of morpholine rings is 1. The van der Waals surface area contributed by atoms with Crippen LogP contribution in [0.15, 0.2) is 0 Å². The van der Waals surface area contributed by atoms with E-state index in [9.17, 15) is 0 Å². The van der Waals surface area contributed by atoms with Crippen LogP contribution in [0.3, 0.4) is 0 Å². The van der Waals surface area contributed by atoms with Crippen LogP contribution in [-0.4, -0.2) is 49.3 Å². The van der Waals surface area contributed by atoms with Gasteiger partial charge in [-0.25, -0.2) is 0 Å². The fraction of sp³-hybridized carbons (Fsp3) is 1.00. The summed E-state index contributed by atoms with van der Waals surface area (Å²) >= 11 is 0. The molecule has 1 spiro atoms. The highest BCUT2D eigenvalue weighted by Gasteiger charge is 2.52. The van der Waals surface area contributed by atoms with Crippen molar-refractivity contribution in [1.82, 2.24) is 10.2 Å². The van der Waals surface area contributed by atoms with Crippen molar-refractivity contribution in [2.75, 3.05) is 32.8 Å². The van der Waals surface area contributed by atoms with Crippen molar-refractivity contribution in [3.8, 4) is 0 Å². The molecule has 1 saturated carbocycles. The molecule has 0 aromatic rings. The van der Waals surface area contributed by atoms with Gasteiger partial charge >= 0.3 is 0 Å². The van der Waals surface area contributed by atoms with Crippen molar-refractivity contribution in [2.24, 2.45) is 0 Å². The second kappa shape index (κ2) is 2.44. The molecule has 12 heavy (non-hydrogen) atoms. The maximum Gasteiger partial charge on any atom is 0.0651 e. The number of ether oxygens (including phenoxy) is 1. The zero-order valence-electron chi connectivity index (χ0n) is 7.38. The van der Waals surface area contributed by atoms with Crippen LogP contribution in [-0.2, 0) is 4.74 Å². The maximum absolute atomic E-state index is 5.53. The molecular formula is C9H16N2O. The van der Waals surface area contributed by atoms with Crippen LogP contribution in [0.25, 0.3) is 0 Å². The molecule has 0 unspecified atom stereocenters. The Labute approximate surface area is 73.1 Å². The molecule has 3 nitrogen and oxygen atoms in total. The Morgan fingerprint density at radius 2 is 2.17 bits per heavy atom. The van der Waals surface area contributed by atoms with Gasteiger partial charge in [-0.05, 0) is 12.8 Å². The molecule has 3 heteroatoms. The van der Waals surface area contributed by atoms with Gasteiger partial charge in [0.05, 0.1) is 13.2 Å². The minimum Gasteiger partial charge on any atom is -0.378 e. The average Bonchev–Trinajstić information content (AvgIpc) is 2.72. The van der Waals surface area contributed by atoms with E-state index in [0.29, 0.717) is 5.54 Å². The largest absolute Gasteiger partial charge is 0.378 e. The van der Waals surface area contributed by atoms with Crippen LogP contribution < -0.4 is 5.32 Å². The van der Waals surface area contributed by atoms with E-state index in [1.807, 2.05) is 0 Å². The normalized spacial score (nSPS) is 35.0. The molecule has 0 atom stereocenters. The van der Waals surface area contributed by atoms with E-state index in [-0.39, 0.29) is 0 Å². The lowest BCUT2D eigenvalue weighted by Gasteiger charge is -2.45. The van der Waals surface area contributed by atoms with Crippen molar-refractivity contribution in [3.05, 3.63) is 0 Å². The number of hydrogen-bond acceptors (Lipinski definition) is 3. The highest BCUT2D eigenvalue weighted by molar-refractivity contribution is 5.09. The predicted octanol–water partition coefficient (Wildman–Crippen LogP) is -0.177. The van der Waals surface area contributed by atoms with Crippen LogP contribution in [0.5, 0.6) is 0 Å². The lowest BCUT2D eigenvalue weighted by molar-refractivity contribution is -0.0518. The molecule has 3 fully saturated rings. The number of rotatable bonds is 1. The molecule has 2 saturated heterocycles. The smallest absolute Gasteiger partial charge is 0.0651 e. The van der Waals surface area contributed by atoms with E-state index in [1.165, 1.54) is 25.9 Å². The predicted molar refractivity (Wildman–Crippen MR) is 46.1 cm³/mol. The summed E-state index contributed by atoms with van der Waals surface area (Å²) in [5.74, 6) is 0.